The summed E-state index contributed by atoms with van der Waals surface area (Å²) in [6, 6.07) is 4.80. The highest BCUT2D eigenvalue weighted by Crippen LogP contribution is 2.22. The summed E-state index contributed by atoms with van der Waals surface area (Å²) >= 11 is 0. The molecule has 0 aliphatic rings. The van der Waals surface area contributed by atoms with Crippen LogP contribution in [0.15, 0.2) is 24.4 Å². The Morgan fingerprint density at radius 3 is 2.69 bits per heavy atom. The number of fused-ring (bicyclic) bond motifs is 1. The lowest BCUT2D eigenvalue weighted by molar-refractivity contribution is -0.141. The van der Waals surface area contributed by atoms with Gasteiger partial charge in [-0.25, -0.2) is 0 Å². The lowest BCUT2D eigenvalue weighted by Gasteiger charge is -2.07. The van der Waals surface area contributed by atoms with E-state index >= 15 is 0 Å². The molecule has 1 aromatic heterocycles. The first kappa shape index (κ1) is 10.9. The fourth-order valence-electron chi connectivity index (χ4n) is 1.51. The molecule has 0 aliphatic carbocycles. The molecule has 0 amide bonds. The summed E-state index contributed by atoms with van der Waals surface area (Å²) in [4.78, 5) is 0. The normalized spacial score (nSPS) is 12.2. The van der Waals surface area contributed by atoms with Gasteiger partial charge >= 0.3 is 6.18 Å². The first-order valence-corrected chi connectivity index (χ1v) is 4.62. The zero-order valence-corrected chi connectivity index (χ0v) is 8.20. The zero-order chi connectivity index (χ0) is 11.8. The van der Waals surface area contributed by atoms with Crippen molar-refractivity contribution in [3.63, 3.8) is 0 Å². The molecule has 1 aromatic carbocycles. The summed E-state index contributed by atoms with van der Waals surface area (Å²) < 4.78 is 37.5. The SMILES string of the molecule is OCc1ccc2cnn(CC(F)(F)F)c2c1. The van der Waals surface area contributed by atoms with Crippen LogP contribution in [0.5, 0.6) is 0 Å². The van der Waals surface area contributed by atoms with Crippen molar-refractivity contribution in [2.75, 3.05) is 0 Å². The molecule has 0 saturated heterocycles. The summed E-state index contributed by atoms with van der Waals surface area (Å²) in [6.45, 7) is -1.32. The minimum Gasteiger partial charge on any atom is -0.392 e. The summed E-state index contributed by atoms with van der Waals surface area (Å²) in [5.41, 5.74) is 0.945. The van der Waals surface area contributed by atoms with Crippen molar-refractivity contribution in [3.8, 4) is 0 Å². The summed E-state index contributed by atoms with van der Waals surface area (Å²) in [6.07, 6.45) is -2.92. The maximum Gasteiger partial charge on any atom is 0.408 e. The Bertz CT molecular complexity index is 504. The number of hydrogen-bond acceptors (Lipinski definition) is 2. The first-order chi connectivity index (χ1) is 7.49. The molecule has 0 atom stereocenters. The Kier molecular flexibility index (Phi) is 2.59. The van der Waals surface area contributed by atoms with E-state index in [0.717, 1.165) is 4.68 Å². The highest BCUT2D eigenvalue weighted by molar-refractivity contribution is 5.79. The van der Waals surface area contributed by atoms with Crippen molar-refractivity contribution in [2.45, 2.75) is 19.3 Å². The lowest BCUT2D eigenvalue weighted by Crippen LogP contribution is -2.18. The van der Waals surface area contributed by atoms with E-state index < -0.39 is 12.7 Å². The van der Waals surface area contributed by atoms with Gasteiger partial charge < -0.3 is 5.11 Å². The molecule has 1 N–H and O–H groups in total. The first-order valence-electron chi connectivity index (χ1n) is 4.62. The molecule has 0 aliphatic heterocycles. The quantitative estimate of drug-likeness (QED) is 0.857. The van der Waals surface area contributed by atoms with Crippen molar-refractivity contribution in [1.29, 1.82) is 0 Å². The van der Waals surface area contributed by atoms with Gasteiger partial charge in [-0.2, -0.15) is 18.3 Å². The second-order valence-corrected chi connectivity index (χ2v) is 3.47. The largest absolute Gasteiger partial charge is 0.408 e. The third-order valence-electron chi connectivity index (χ3n) is 2.22. The number of rotatable bonds is 2. The smallest absolute Gasteiger partial charge is 0.392 e. The molecule has 0 fully saturated rings. The van der Waals surface area contributed by atoms with Crippen LogP contribution >= 0.6 is 0 Å². The number of aliphatic hydroxyl groups is 1. The molecular weight excluding hydrogens is 221 g/mol. The average molecular weight is 230 g/mol. The Morgan fingerprint density at radius 2 is 2.06 bits per heavy atom. The van der Waals surface area contributed by atoms with Gasteiger partial charge in [0.2, 0.25) is 0 Å². The van der Waals surface area contributed by atoms with Gasteiger partial charge in [0.05, 0.1) is 18.3 Å². The van der Waals surface area contributed by atoms with E-state index in [-0.39, 0.29) is 6.61 Å². The summed E-state index contributed by atoms with van der Waals surface area (Å²) in [5.74, 6) is 0. The van der Waals surface area contributed by atoms with Crippen LogP contribution < -0.4 is 0 Å². The Hall–Kier alpha value is -1.56. The monoisotopic (exact) mass is 230 g/mol. The number of aliphatic hydroxyl groups excluding tert-OH is 1. The predicted molar refractivity (Wildman–Crippen MR) is 51.7 cm³/mol. The number of benzene rings is 1. The van der Waals surface area contributed by atoms with Crippen LogP contribution in [-0.4, -0.2) is 21.1 Å². The van der Waals surface area contributed by atoms with Gasteiger partial charge in [-0.15, -0.1) is 0 Å². The molecule has 0 bridgehead atoms. The number of halogens is 3. The van der Waals surface area contributed by atoms with Crippen molar-refractivity contribution < 1.29 is 18.3 Å². The molecule has 86 valence electrons. The van der Waals surface area contributed by atoms with Crippen LogP contribution in [0, 0.1) is 0 Å². The van der Waals surface area contributed by atoms with E-state index in [1.54, 1.807) is 12.1 Å². The van der Waals surface area contributed by atoms with Crippen LogP contribution in [-0.2, 0) is 13.2 Å². The van der Waals surface area contributed by atoms with Gasteiger partial charge in [0, 0.05) is 5.39 Å². The summed E-state index contributed by atoms with van der Waals surface area (Å²) in [7, 11) is 0. The maximum absolute atomic E-state index is 12.2. The minimum atomic E-state index is -4.30. The molecule has 16 heavy (non-hydrogen) atoms. The number of nitrogens with zero attached hydrogens (tertiary/aromatic N) is 2. The number of hydrogen-bond donors (Lipinski definition) is 1. The average Bonchev–Trinajstić information content (AvgIpc) is 2.58. The second kappa shape index (κ2) is 3.79. The molecular formula is C10H9F3N2O. The molecule has 0 spiro atoms. The van der Waals surface area contributed by atoms with Gasteiger partial charge in [-0.05, 0) is 11.6 Å². The van der Waals surface area contributed by atoms with Gasteiger partial charge in [0.1, 0.15) is 6.54 Å². The van der Waals surface area contributed by atoms with Crippen LogP contribution in [0.2, 0.25) is 0 Å². The fourth-order valence-corrected chi connectivity index (χ4v) is 1.51. The number of aromatic nitrogens is 2. The third-order valence-corrected chi connectivity index (χ3v) is 2.22. The van der Waals surface area contributed by atoms with Crippen LogP contribution in [0.4, 0.5) is 13.2 Å². The van der Waals surface area contributed by atoms with Crippen LogP contribution in [0.3, 0.4) is 0 Å². The van der Waals surface area contributed by atoms with Crippen molar-refractivity contribution in [3.05, 3.63) is 30.0 Å². The Morgan fingerprint density at radius 1 is 1.31 bits per heavy atom. The summed E-state index contributed by atoms with van der Waals surface area (Å²) in [5, 5.41) is 13.2. The van der Waals surface area contributed by atoms with Crippen LogP contribution in [0.1, 0.15) is 5.56 Å². The fraction of sp³-hybridized carbons (Fsp3) is 0.300. The van der Waals surface area contributed by atoms with Crippen molar-refractivity contribution >= 4 is 10.9 Å². The molecule has 0 unspecified atom stereocenters. The van der Waals surface area contributed by atoms with Gasteiger partial charge in [0.15, 0.2) is 0 Å². The Labute approximate surface area is 89.1 Å². The molecule has 6 heteroatoms. The van der Waals surface area contributed by atoms with E-state index in [4.69, 9.17) is 5.11 Å². The van der Waals surface area contributed by atoms with E-state index in [1.165, 1.54) is 12.3 Å². The highest BCUT2D eigenvalue weighted by atomic mass is 19.4. The van der Waals surface area contributed by atoms with E-state index in [0.29, 0.717) is 16.5 Å². The van der Waals surface area contributed by atoms with Crippen molar-refractivity contribution in [1.82, 2.24) is 9.78 Å². The Balaban J connectivity index is 2.46. The molecule has 0 saturated carbocycles. The standard InChI is InChI=1S/C10H9F3N2O/c11-10(12,13)6-15-9-3-7(5-16)1-2-8(9)4-14-15/h1-4,16H,5-6H2. The van der Waals surface area contributed by atoms with Gasteiger partial charge in [-0.3, -0.25) is 4.68 Å². The third kappa shape index (κ3) is 2.16. The van der Waals surface area contributed by atoms with E-state index in [9.17, 15) is 13.2 Å². The molecule has 1 heterocycles. The zero-order valence-electron chi connectivity index (χ0n) is 8.20. The predicted octanol–water partition coefficient (Wildman–Crippen LogP) is 2.09. The second-order valence-electron chi connectivity index (χ2n) is 3.47. The van der Waals surface area contributed by atoms with E-state index in [1.807, 2.05) is 0 Å². The van der Waals surface area contributed by atoms with Gasteiger partial charge in [-0.1, -0.05) is 12.1 Å². The molecule has 0 radical (unpaired) electrons. The van der Waals surface area contributed by atoms with Gasteiger partial charge in [0.25, 0.3) is 0 Å². The van der Waals surface area contributed by atoms with E-state index in [2.05, 4.69) is 5.10 Å². The molecule has 2 rings (SSSR count). The minimum absolute atomic E-state index is 0.201. The molecule has 2 aromatic rings. The topological polar surface area (TPSA) is 38.1 Å². The van der Waals surface area contributed by atoms with Crippen LogP contribution in [0.25, 0.3) is 10.9 Å². The number of alkyl halides is 3. The lowest BCUT2D eigenvalue weighted by atomic mass is 10.2. The van der Waals surface area contributed by atoms with Crippen molar-refractivity contribution in [2.24, 2.45) is 0 Å². The maximum atomic E-state index is 12.2. The highest BCUT2D eigenvalue weighted by Gasteiger charge is 2.29. The molecule has 3 nitrogen and oxygen atoms in total.